The average molecular weight is 295 g/mol. The number of rotatable bonds is 3. The van der Waals surface area contributed by atoms with Gasteiger partial charge in [-0.3, -0.25) is 4.90 Å². The van der Waals surface area contributed by atoms with Gasteiger partial charge in [0, 0.05) is 36.3 Å². The summed E-state index contributed by atoms with van der Waals surface area (Å²) in [5, 5.41) is 0.772. The highest BCUT2D eigenvalue weighted by Crippen LogP contribution is 2.36. The Labute approximate surface area is 126 Å². The second kappa shape index (κ2) is 5.92. The van der Waals surface area contributed by atoms with Crippen LogP contribution in [0.3, 0.4) is 0 Å². The number of halogens is 1. The largest absolute Gasteiger partial charge is 0.496 e. The van der Waals surface area contributed by atoms with Crippen LogP contribution in [0, 0.1) is 11.8 Å². The summed E-state index contributed by atoms with van der Waals surface area (Å²) in [6, 6.07) is 6.23. The van der Waals surface area contributed by atoms with Crippen LogP contribution in [0.2, 0.25) is 5.02 Å². The van der Waals surface area contributed by atoms with Gasteiger partial charge in [0.05, 0.1) is 7.11 Å². The van der Waals surface area contributed by atoms with E-state index in [1.165, 1.54) is 24.8 Å². The molecule has 1 heterocycles. The van der Waals surface area contributed by atoms with Crippen LogP contribution in [0.1, 0.15) is 24.8 Å². The highest BCUT2D eigenvalue weighted by atomic mass is 35.5. The number of likely N-dealkylation sites (tertiary alicyclic amines) is 1. The second-order valence-corrected chi connectivity index (χ2v) is 6.61. The van der Waals surface area contributed by atoms with Gasteiger partial charge in [-0.2, -0.15) is 0 Å². The molecule has 3 unspecified atom stereocenters. The maximum absolute atomic E-state index is 6.28. The Morgan fingerprint density at radius 1 is 1.35 bits per heavy atom. The molecule has 3 nitrogen and oxygen atoms in total. The van der Waals surface area contributed by atoms with Crippen LogP contribution in [0.15, 0.2) is 18.2 Å². The van der Waals surface area contributed by atoms with Crippen LogP contribution < -0.4 is 10.5 Å². The van der Waals surface area contributed by atoms with E-state index in [1.807, 2.05) is 18.2 Å². The molecule has 3 atom stereocenters. The molecule has 3 rings (SSSR count). The molecule has 0 spiro atoms. The molecule has 1 aliphatic carbocycles. The van der Waals surface area contributed by atoms with Crippen LogP contribution in [-0.2, 0) is 6.54 Å². The molecule has 1 saturated heterocycles. The fraction of sp³-hybridized carbons (Fsp3) is 0.625. The van der Waals surface area contributed by atoms with Crippen molar-refractivity contribution in [2.45, 2.75) is 31.8 Å². The number of hydrogen-bond donors (Lipinski definition) is 1. The molecule has 2 aliphatic rings. The van der Waals surface area contributed by atoms with Crippen LogP contribution in [0.25, 0.3) is 0 Å². The number of benzene rings is 1. The first kappa shape index (κ1) is 14.2. The van der Waals surface area contributed by atoms with E-state index in [9.17, 15) is 0 Å². The second-order valence-electron chi connectivity index (χ2n) is 6.17. The van der Waals surface area contributed by atoms with Crippen molar-refractivity contribution in [3.63, 3.8) is 0 Å². The van der Waals surface area contributed by atoms with Gasteiger partial charge < -0.3 is 10.5 Å². The van der Waals surface area contributed by atoms with E-state index in [4.69, 9.17) is 22.1 Å². The Hall–Kier alpha value is -0.770. The fourth-order valence-corrected chi connectivity index (χ4v) is 4.04. The van der Waals surface area contributed by atoms with Crippen LogP contribution in [0.4, 0.5) is 0 Å². The summed E-state index contributed by atoms with van der Waals surface area (Å²) in [6.07, 6.45) is 3.81. The predicted molar refractivity (Wildman–Crippen MR) is 82.1 cm³/mol. The van der Waals surface area contributed by atoms with Crippen molar-refractivity contribution in [3.05, 3.63) is 28.8 Å². The Morgan fingerprint density at radius 2 is 2.20 bits per heavy atom. The minimum Gasteiger partial charge on any atom is -0.496 e. The summed E-state index contributed by atoms with van der Waals surface area (Å²) in [7, 11) is 1.71. The van der Waals surface area contributed by atoms with Crippen molar-refractivity contribution in [2.75, 3.05) is 20.2 Å². The van der Waals surface area contributed by atoms with Gasteiger partial charge in [0.2, 0.25) is 0 Å². The average Bonchev–Trinajstić information content (AvgIpc) is 2.83. The third-order valence-electron chi connectivity index (χ3n) is 4.87. The number of fused-ring (bicyclic) bond motifs is 1. The zero-order chi connectivity index (χ0) is 14.1. The molecule has 1 aliphatic heterocycles. The van der Waals surface area contributed by atoms with Gasteiger partial charge in [-0.05, 0) is 42.9 Å². The molecule has 4 heteroatoms. The monoisotopic (exact) mass is 294 g/mol. The lowest BCUT2D eigenvalue weighted by molar-refractivity contribution is 0.259. The van der Waals surface area contributed by atoms with Crippen molar-refractivity contribution in [1.29, 1.82) is 0 Å². The molecule has 2 fully saturated rings. The fourth-order valence-electron chi connectivity index (χ4n) is 3.85. The summed E-state index contributed by atoms with van der Waals surface area (Å²) in [6.45, 7) is 3.18. The van der Waals surface area contributed by atoms with Crippen molar-refractivity contribution >= 4 is 11.6 Å². The van der Waals surface area contributed by atoms with E-state index in [2.05, 4.69) is 4.90 Å². The zero-order valence-corrected chi connectivity index (χ0v) is 12.8. The van der Waals surface area contributed by atoms with Gasteiger partial charge in [-0.1, -0.05) is 18.0 Å². The minimum absolute atomic E-state index is 0.389. The molecule has 2 N–H and O–H groups in total. The Morgan fingerprint density at radius 3 is 2.95 bits per heavy atom. The van der Waals surface area contributed by atoms with Crippen LogP contribution in [-0.4, -0.2) is 31.1 Å². The van der Waals surface area contributed by atoms with E-state index in [0.717, 1.165) is 36.3 Å². The van der Waals surface area contributed by atoms with Gasteiger partial charge in [-0.15, -0.1) is 0 Å². The molecule has 1 aromatic carbocycles. The molecule has 0 bridgehead atoms. The van der Waals surface area contributed by atoms with Crippen molar-refractivity contribution < 1.29 is 4.74 Å². The van der Waals surface area contributed by atoms with Crippen LogP contribution in [0.5, 0.6) is 5.75 Å². The normalized spacial score (nSPS) is 30.2. The lowest BCUT2D eigenvalue weighted by atomic mass is 9.78. The lowest BCUT2D eigenvalue weighted by Crippen LogP contribution is -2.38. The van der Waals surface area contributed by atoms with Crippen molar-refractivity contribution in [3.8, 4) is 5.75 Å². The first-order valence-electron chi connectivity index (χ1n) is 7.47. The first-order valence-corrected chi connectivity index (χ1v) is 7.85. The topological polar surface area (TPSA) is 38.5 Å². The van der Waals surface area contributed by atoms with Gasteiger partial charge >= 0.3 is 0 Å². The number of hydrogen-bond acceptors (Lipinski definition) is 3. The van der Waals surface area contributed by atoms with Gasteiger partial charge in [0.1, 0.15) is 5.75 Å². The van der Waals surface area contributed by atoms with Crippen molar-refractivity contribution in [2.24, 2.45) is 17.6 Å². The minimum atomic E-state index is 0.389. The molecule has 0 aromatic heterocycles. The van der Waals surface area contributed by atoms with Crippen LogP contribution >= 0.6 is 11.6 Å². The summed E-state index contributed by atoms with van der Waals surface area (Å²) in [4.78, 5) is 2.51. The smallest absolute Gasteiger partial charge is 0.123 e. The van der Waals surface area contributed by atoms with E-state index in [1.54, 1.807) is 7.11 Å². The molecule has 1 aromatic rings. The first-order chi connectivity index (χ1) is 9.67. The summed E-state index contributed by atoms with van der Waals surface area (Å²) in [5.41, 5.74) is 7.46. The van der Waals surface area contributed by atoms with E-state index in [-0.39, 0.29) is 0 Å². The molecule has 110 valence electrons. The summed E-state index contributed by atoms with van der Waals surface area (Å²) < 4.78 is 5.44. The molecular weight excluding hydrogens is 272 g/mol. The Bertz CT molecular complexity index is 480. The Kier molecular flexibility index (Phi) is 4.20. The molecule has 20 heavy (non-hydrogen) atoms. The van der Waals surface area contributed by atoms with E-state index < -0.39 is 0 Å². The molecule has 1 saturated carbocycles. The van der Waals surface area contributed by atoms with Gasteiger partial charge in [0.15, 0.2) is 0 Å². The number of nitrogens with zero attached hydrogens (tertiary/aromatic N) is 1. The number of methoxy groups -OCH3 is 1. The number of nitrogens with two attached hydrogens (primary N) is 1. The van der Waals surface area contributed by atoms with Crippen molar-refractivity contribution in [1.82, 2.24) is 4.90 Å². The highest BCUT2D eigenvalue weighted by Gasteiger charge is 2.38. The quantitative estimate of drug-likeness (QED) is 0.931. The maximum Gasteiger partial charge on any atom is 0.123 e. The highest BCUT2D eigenvalue weighted by molar-refractivity contribution is 6.30. The Balaban J connectivity index is 1.71. The molecular formula is C16H23ClN2O. The SMILES string of the molecule is COc1ccc(Cl)cc1CN1CC2CCCC(N)C2C1. The lowest BCUT2D eigenvalue weighted by Gasteiger charge is -2.29. The van der Waals surface area contributed by atoms with Gasteiger partial charge in [0.25, 0.3) is 0 Å². The number of ether oxygens (including phenoxy) is 1. The third-order valence-corrected chi connectivity index (χ3v) is 5.10. The maximum atomic E-state index is 6.28. The third kappa shape index (κ3) is 2.80. The van der Waals surface area contributed by atoms with E-state index in [0.29, 0.717) is 12.0 Å². The molecule has 0 amide bonds. The summed E-state index contributed by atoms with van der Waals surface area (Å²) in [5.74, 6) is 2.38. The zero-order valence-electron chi connectivity index (χ0n) is 12.0. The van der Waals surface area contributed by atoms with E-state index >= 15 is 0 Å². The predicted octanol–water partition coefficient (Wildman–Crippen LogP) is 2.91. The standard InChI is InChI=1S/C16H23ClN2O/c1-20-16-6-5-13(17)7-12(16)9-19-8-11-3-2-4-15(18)14(11)10-19/h5-7,11,14-15H,2-4,8-10,18H2,1H3. The summed E-state index contributed by atoms with van der Waals surface area (Å²) >= 11 is 6.11. The molecule has 0 radical (unpaired) electrons. The van der Waals surface area contributed by atoms with Gasteiger partial charge in [-0.25, -0.2) is 0 Å².